The quantitative estimate of drug-likeness (QED) is 0.511. The summed E-state index contributed by atoms with van der Waals surface area (Å²) < 4.78 is 20.2. The molecule has 0 bridgehead atoms. The van der Waals surface area contributed by atoms with E-state index in [4.69, 9.17) is 14.2 Å². The molecule has 1 saturated heterocycles. The summed E-state index contributed by atoms with van der Waals surface area (Å²) in [5.74, 6) is 0.779. The molecule has 1 fully saturated rings. The minimum absolute atomic E-state index is 0.00971. The molecule has 0 saturated carbocycles. The van der Waals surface area contributed by atoms with Gasteiger partial charge in [-0.1, -0.05) is 0 Å². The zero-order chi connectivity index (χ0) is 22.5. The number of ether oxygens (including phenoxy) is 3. The topological polar surface area (TPSA) is 132 Å². The standard InChI is InChI=1S/C21H27N7O4/c1-14(13-30-2)28-16(10-22)9-15-11-23-21(25-19(15)28)24-18-12-27(5-6-29)26-20(18)32-17-3-7-31-8-4-17/h9,11-12,14,17,29H,3-8,13H2,1-2H3,(H,23,24,25). The van der Waals surface area contributed by atoms with E-state index in [0.717, 1.165) is 18.2 Å². The van der Waals surface area contributed by atoms with Crippen molar-refractivity contribution in [1.29, 1.82) is 5.26 Å². The van der Waals surface area contributed by atoms with E-state index in [1.807, 2.05) is 11.5 Å². The van der Waals surface area contributed by atoms with Crippen LogP contribution in [0.4, 0.5) is 11.6 Å². The number of nitrogens with zero attached hydrogens (tertiary/aromatic N) is 6. The molecule has 170 valence electrons. The van der Waals surface area contributed by atoms with Gasteiger partial charge in [0, 0.05) is 31.5 Å². The maximum absolute atomic E-state index is 9.55. The average Bonchev–Trinajstić information content (AvgIpc) is 3.35. The maximum Gasteiger partial charge on any atom is 0.257 e. The van der Waals surface area contributed by atoms with Gasteiger partial charge in [0.15, 0.2) is 0 Å². The molecule has 0 radical (unpaired) electrons. The molecule has 0 amide bonds. The van der Waals surface area contributed by atoms with E-state index in [0.29, 0.717) is 55.2 Å². The van der Waals surface area contributed by atoms with Gasteiger partial charge in [-0.2, -0.15) is 10.2 Å². The summed E-state index contributed by atoms with van der Waals surface area (Å²) in [4.78, 5) is 9.06. The molecule has 1 aliphatic rings. The number of rotatable bonds is 9. The van der Waals surface area contributed by atoms with Crippen molar-refractivity contribution >= 4 is 22.7 Å². The van der Waals surface area contributed by atoms with Crippen molar-refractivity contribution < 1.29 is 19.3 Å². The molecule has 0 aliphatic carbocycles. The molecule has 11 heteroatoms. The molecule has 4 rings (SSSR count). The highest BCUT2D eigenvalue weighted by Gasteiger charge is 2.21. The van der Waals surface area contributed by atoms with Crippen LogP contribution in [0, 0.1) is 11.3 Å². The second-order valence-corrected chi connectivity index (χ2v) is 7.68. The fraction of sp³-hybridized carbons (Fsp3) is 0.524. The van der Waals surface area contributed by atoms with Gasteiger partial charge in [-0.05, 0) is 13.0 Å². The molecule has 4 heterocycles. The van der Waals surface area contributed by atoms with Crippen LogP contribution in [0.15, 0.2) is 18.5 Å². The van der Waals surface area contributed by atoms with Gasteiger partial charge < -0.3 is 29.2 Å². The summed E-state index contributed by atoms with van der Waals surface area (Å²) in [5, 5.41) is 27.3. The van der Waals surface area contributed by atoms with Crippen LogP contribution in [0.3, 0.4) is 0 Å². The second-order valence-electron chi connectivity index (χ2n) is 7.68. The Kier molecular flexibility index (Phi) is 6.84. The molecule has 11 nitrogen and oxygen atoms in total. The smallest absolute Gasteiger partial charge is 0.257 e. The molecular weight excluding hydrogens is 414 g/mol. The monoisotopic (exact) mass is 441 g/mol. The summed E-state index contributed by atoms with van der Waals surface area (Å²) in [6.45, 7) is 4.03. The molecule has 1 atom stereocenters. The highest BCUT2D eigenvalue weighted by Crippen LogP contribution is 2.29. The van der Waals surface area contributed by atoms with Crippen molar-refractivity contribution in [1.82, 2.24) is 24.3 Å². The molecule has 3 aromatic heterocycles. The van der Waals surface area contributed by atoms with Crippen molar-refractivity contribution in [3.8, 4) is 11.9 Å². The Bertz CT molecular complexity index is 1100. The van der Waals surface area contributed by atoms with Crippen LogP contribution in [-0.2, 0) is 16.0 Å². The van der Waals surface area contributed by atoms with Crippen LogP contribution >= 0.6 is 0 Å². The Labute approximate surface area is 185 Å². The number of anilines is 2. The lowest BCUT2D eigenvalue weighted by atomic mass is 10.1. The number of aliphatic hydroxyl groups is 1. The number of methoxy groups -OCH3 is 1. The van der Waals surface area contributed by atoms with Gasteiger partial charge in [0.25, 0.3) is 5.88 Å². The first-order valence-electron chi connectivity index (χ1n) is 10.6. The lowest BCUT2D eigenvalue weighted by Crippen LogP contribution is -2.26. The first-order valence-corrected chi connectivity index (χ1v) is 10.6. The number of aromatic nitrogens is 5. The largest absolute Gasteiger partial charge is 0.472 e. The molecule has 2 N–H and O–H groups in total. The van der Waals surface area contributed by atoms with E-state index in [9.17, 15) is 10.4 Å². The second kappa shape index (κ2) is 9.95. The fourth-order valence-electron chi connectivity index (χ4n) is 3.78. The Hall–Kier alpha value is -3.20. The van der Waals surface area contributed by atoms with Gasteiger partial charge >= 0.3 is 0 Å². The molecule has 32 heavy (non-hydrogen) atoms. The Morgan fingerprint density at radius 2 is 2.22 bits per heavy atom. The maximum atomic E-state index is 9.55. The van der Waals surface area contributed by atoms with Crippen LogP contribution in [0.2, 0.25) is 0 Å². The zero-order valence-corrected chi connectivity index (χ0v) is 18.2. The lowest BCUT2D eigenvalue weighted by Gasteiger charge is -2.22. The van der Waals surface area contributed by atoms with Crippen LogP contribution in [0.25, 0.3) is 11.0 Å². The number of hydrogen-bond donors (Lipinski definition) is 2. The average molecular weight is 441 g/mol. The van der Waals surface area contributed by atoms with Gasteiger partial charge in [0.1, 0.15) is 29.2 Å². The van der Waals surface area contributed by atoms with E-state index in [1.54, 1.807) is 30.3 Å². The highest BCUT2D eigenvalue weighted by molar-refractivity contribution is 5.79. The van der Waals surface area contributed by atoms with E-state index in [-0.39, 0.29) is 18.8 Å². The van der Waals surface area contributed by atoms with Crippen LogP contribution < -0.4 is 10.1 Å². The van der Waals surface area contributed by atoms with Crippen LogP contribution in [0.1, 0.15) is 31.5 Å². The van der Waals surface area contributed by atoms with Crippen molar-refractivity contribution in [2.45, 2.75) is 38.5 Å². The predicted octanol–water partition coefficient (Wildman–Crippen LogP) is 2.00. The van der Waals surface area contributed by atoms with Crippen molar-refractivity contribution in [3.05, 3.63) is 24.2 Å². The van der Waals surface area contributed by atoms with Crippen LogP contribution in [-0.4, -0.2) is 69.1 Å². The Morgan fingerprint density at radius 1 is 1.41 bits per heavy atom. The van der Waals surface area contributed by atoms with Gasteiger partial charge in [0.2, 0.25) is 5.95 Å². The number of aliphatic hydroxyl groups excluding tert-OH is 1. The Morgan fingerprint density at radius 3 is 2.94 bits per heavy atom. The van der Waals surface area contributed by atoms with Crippen molar-refractivity contribution in [3.63, 3.8) is 0 Å². The fourth-order valence-corrected chi connectivity index (χ4v) is 3.78. The zero-order valence-electron chi connectivity index (χ0n) is 18.2. The molecule has 3 aromatic rings. The molecule has 1 unspecified atom stereocenters. The third-order valence-corrected chi connectivity index (χ3v) is 5.29. The van der Waals surface area contributed by atoms with E-state index < -0.39 is 0 Å². The number of fused-ring (bicyclic) bond motifs is 1. The third-order valence-electron chi connectivity index (χ3n) is 5.29. The minimum Gasteiger partial charge on any atom is -0.472 e. The minimum atomic E-state index is -0.0744. The number of hydrogen-bond acceptors (Lipinski definition) is 9. The number of nitrogens with one attached hydrogen (secondary N) is 1. The number of nitriles is 1. The van der Waals surface area contributed by atoms with Crippen LogP contribution in [0.5, 0.6) is 5.88 Å². The van der Waals surface area contributed by atoms with E-state index in [2.05, 4.69) is 26.5 Å². The van der Waals surface area contributed by atoms with Gasteiger partial charge in [-0.3, -0.25) is 4.68 Å². The predicted molar refractivity (Wildman–Crippen MR) is 116 cm³/mol. The van der Waals surface area contributed by atoms with E-state index in [1.165, 1.54) is 0 Å². The normalized spacial score (nSPS) is 15.6. The highest BCUT2D eigenvalue weighted by atomic mass is 16.5. The van der Waals surface area contributed by atoms with Crippen molar-refractivity contribution in [2.24, 2.45) is 0 Å². The summed E-state index contributed by atoms with van der Waals surface area (Å²) in [6.07, 6.45) is 5.02. The summed E-state index contributed by atoms with van der Waals surface area (Å²) in [6, 6.07) is 3.91. The first kappa shape index (κ1) is 22.0. The molecular formula is C21H27N7O4. The molecule has 0 spiro atoms. The lowest BCUT2D eigenvalue weighted by molar-refractivity contribution is 0.0237. The van der Waals surface area contributed by atoms with Crippen molar-refractivity contribution in [2.75, 3.05) is 38.9 Å². The SMILES string of the molecule is COCC(C)n1c(C#N)cc2cnc(Nc3cn(CCO)nc3OC3CCOCC3)nc21. The van der Waals surface area contributed by atoms with Gasteiger partial charge in [-0.15, -0.1) is 5.10 Å². The summed E-state index contributed by atoms with van der Waals surface area (Å²) in [7, 11) is 1.63. The van der Waals surface area contributed by atoms with Gasteiger partial charge in [-0.25, -0.2) is 4.98 Å². The molecule has 0 aromatic carbocycles. The Balaban J connectivity index is 1.65. The first-order chi connectivity index (χ1) is 15.6. The third kappa shape index (κ3) is 4.67. The molecule has 1 aliphatic heterocycles. The summed E-state index contributed by atoms with van der Waals surface area (Å²) >= 11 is 0. The van der Waals surface area contributed by atoms with E-state index >= 15 is 0 Å². The van der Waals surface area contributed by atoms with Gasteiger partial charge in [0.05, 0.1) is 45.2 Å². The summed E-state index contributed by atoms with van der Waals surface area (Å²) in [5.41, 5.74) is 1.74.